The Morgan fingerprint density at radius 1 is 1.21 bits per heavy atom. The maximum Gasteiger partial charge on any atom is 0.166 e. The summed E-state index contributed by atoms with van der Waals surface area (Å²) in [4.78, 5) is 16.3. The molecule has 1 aliphatic heterocycles. The van der Waals surface area contributed by atoms with Gasteiger partial charge in [0.05, 0.1) is 6.33 Å². The van der Waals surface area contributed by atoms with Gasteiger partial charge in [0.2, 0.25) is 0 Å². The van der Waals surface area contributed by atoms with Crippen LogP contribution < -0.4 is 0 Å². The molecule has 0 unspecified atom stereocenters. The van der Waals surface area contributed by atoms with Gasteiger partial charge in [-0.15, -0.1) is 0 Å². The molecule has 0 atom stereocenters. The van der Waals surface area contributed by atoms with Crippen molar-refractivity contribution in [2.24, 2.45) is 5.92 Å². The lowest BCUT2D eigenvalue weighted by Crippen LogP contribution is -2.23. The van der Waals surface area contributed by atoms with Gasteiger partial charge in [0.25, 0.3) is 0 Å². The summed E-state index contributed by atoms with van der Waals surface area (Å²) in [5.41, 5.74) is 1.80. The fourth-order valence-corrected chi connectivity index (χ4v) is 2.41. The summed E-state index contributed by atoms with van der Waals surface area (Å²) in [5.74, 6) is 0.355. The molecule has 0 aliphatic carbocycles. The second-order valence-corrected chi connectivity index (χ2v) is 4.77. The molecule has 1 aromatic carbocycles. The predicted molar refractivity (Wildman–Crippen MR) is 71.4 cm³/mol. The van der Waals surface area contributed by atoms with Crippen LogP contribution in [0.3, 0.4) is 0 Å². The second kappa shape index (κ2) is 5.36. The second-order valence-electron chi connectivity index (χ2n) is 4.77. The average molecular weight is 256 g/mol. The van der Waals surface area contributed by atoms with Crippen LogP contribution in [0.2, 0.25) is 0 Å². The Bertz CT molecular complexity index is 540. The largest absolute Gasteiger partial charge is 0.381 e. The van der Waals surface area contributed by atoms with Gasteiger partial charge in [-0.25, -0.2) is 4.98 Å². The SMILES string of the molecule is O=C(c1ccc(-n2ccnc2)cc1)C1CCOCC1. The normalized spacial score (nSPS) is 16.4. The lowest BCUT2D eigenvalue weighted by Gasteiger charge is -2.20. The zero-order chi connectivity index (χ0) is 13.1. The van der Waals surface area contributed by atoms with Crippen molar-refractivity contribution < 1.29 is 9.53 Å². The molecule has 0 amide bonds. The highest BCUT2D eigenvalue weighted by molar-refractivity contribution is 5.98. The van der Waals surface area contributed by atoms with E-state index in [1.165, 1.54) is 0 Å². The van der Waals surface area contributed by atoms with Crippen molar-refractivity contribution >= 4 is 5.78 Å². The minimum Gasteiger partial charge on any atom is -0.381 e. The summed E-state index contributed by atoms with van der Waals surface area (Å²) in [7, 11) is 0. The molecular formula is C15H16N2O2. The average Bonchev–Trinajstić information content (AvgIpc) is 3.02. The van der Waals surface area contributed by atoms with E-state index >= 15 is 0 Å². The van der Waals surface area contributed by atoms with Gasteiger partial charge in [0.15, 0.2) is 5.78 Å². The Balaban J connectivity index is 1.76. The highest BCUT2D eigenvalue weighted by Gasteiger charge is 2.22. The summed E-state index contributed by atoms with van der Waals surface area (Å²) in [5, 5.41) is 0. The van der Waals surface area contributed by atoms with E-state index < -0.39 is 0 Å². The highest BCUT2D eigenvalue weighted by atomic mass is 16.5. The third-order valence-electron chi connectivity index (χ3n) is 3.55. The summed E-state index contributed by atoms with van der Waals surface area (Å²) in [6, 6.07) is 7.70. The van der Waals surface area contributed by atoms with Gasteiger partial charge in [-0.3, -0.25) is 4.79 Å². The van der Waals surface area contributed by atoms with Gasteiger partial charge in [0, 0.05) is 42.8 Å². The number of rotatable bonds is 3. The number of benzene rings is 1. The van der Waals surface area contributed by atoms with Crippen LogP contribution in [0, 0.1) is 5.92 Å². The van der Waals surface area contributed by atoms with E-state index in [1.54, 1.807) is 12.5 Å². The number of nitrogens with zero attached hydrogens (tertiary/aromatic N) is 2. The van der Waals surface area contributed by atoms with Crippen molar-refractivity contribution in [1.82, 2.24) is 9.55 Å². The first-order valence-corrected chi connectivity index (χ1v) is 6.55. The van der Waals surface area contributed by atoms with Crippen molar-refractivity contribution in [3.63, 3.8) is 0 Å². The number of Topliss-reactive ketones (excluding diaryl/α,β-unsaturated/α-hetero) is 1. The van der Waals surface area contributed by atoms with Gasteiger partial charge >= 0.3 is 0 Å². The van der Waals surface area contributed by atoms with E-state index in [2.05, 4.69) is 4.98 Å². The fraction of sp³-hybridized carbons (Fsp3) is 0.333. The molecule has 1 saturated heterocycles. The molecule has 0 spiro atoms. The third kappa shape index (κ3) is 2.58. The smallest absolute Gasteiger partial charge is 0.166 e. The summed E-state index contributed by atoms with van der Waals surface area (Å²) in [6.45, 7) is 1.40. The van der Waals surface area contributed by atoms with E-state index in [1.807, 2.05) is 35.0 Å². The monoisotopic (exact) mass is 256 g/mol. The molecule has 0 N–H and O–H groups in total. The lowest BCUT2D eigenvalue weighted by atomic mass is 9.91. The molecular weight excluding hydrogens is 240 g/mol. The van der Waals surface area contributed by atoms with Gasteiger partial charge < -0.3 is 9.30 Å². The number of imidazole rings is 1. The Morgan fingerprint density at radius 2 is 1.95 bits per heavy atom. The molecule has 1 fully saturated rings. The first-order chi connectivity index (χ1) is 9.34. The maximum absolute atomic E-state index is 12.3. The first kappa shape index (κ1) is 12.1. The molecule has 98 valence electrons. The number of carbonyl (C=O) groups is 1. The maximum atomic E-state index is 12.3. The molecule has 3 rings (SSSR count). The number of hydrogen-bond acceptors (Lipinski definition) is 3. The van der Waals surface area contributed by atoms with Crippen LogP contribution in [0.25, 0.3) is 5.69 Å². The van der Waals surface area contributed by atoms with Crippen LogP contribution in [0.15, 0.2) is 43.0 Å². The van der Waals surface area contributed by atoms with Crippen LogP contribution in [-0.2, 0) is 4.74 Å². The molecule has 1 aromatic heterocycles. The molecule has 2 heterocycles. The van der Waals surface area contributed by atoms with E-state index in [-0.39, 0.29) is 11.7 Å². The zero-order valence-electron chi connectivity index (χ0n) is 10.7. The van der Waals surface area contributed by atoms with Gasteiger partial charge in [-0.1, -0.05) is 0 Å². The minimum absolute atomic E-state index is 0.118. The van der Waals surface area contributed by atoms with E-state index in [9.17, 15) is 4.79 Å². The van der Waals surface area contributed by atoms with Crippen LogP contribution in [0.4, 0.5) is 0 Å². The summed E-state index contributed by atoms with van der Waals surface area (Å²) in [6.07, 6.45) is 7.04. The third-order valence-corrected chi connectivity index (χ3v) is 3.55. The fourth-order valence-electron chi connectivity index (χ4n) is 2.41. The summed E-state index contributed by atoms with van der Waals surface area (Å²) < 4.78 is 7.21. The summed E-state index contributed by atoms with van der Waals surface area (Å²) >= 11 is 0. The van der Waals surface area contributed by atoms with Crippen LogP contribution in [0.5, 0.6) is 0 Å². The van der Waals surface area contributed by atoms with Crippen molar-refractivity contribution in [2.75, 3.05) is 13.2 Å². The number of aromatic nitrogens is 2. The minimum atomic E-state index is 0.118. The van der Waals surface area contributed by atoms with Crippen molar-refractivity contribution in [2.45, 2.75) is 12.8 Å². The number of ether oxygens (including phenoxy) is 1. The molecule has 0 radical (unpaired) electrons. The Kier molecular flexibility index (Phi) is 3.42. The number of carbonyl (C=O) groups excluding carboxylic acids is 1. The van der Waals surface area contributed by atoms with Gasteiger partial charge in [0.1, 0.15) is 0 Å². The van der Waals surface area contributed by atoms with Crippen LogP contribution >= 0.6 is 0 Å². The van der Waals surface area contributed by atoms with E-state index in [4.69, 9.17) is 4.74 Å². The quantitative estimate of drug-likeness (QED) is 0.792. The molecule has 1 aliphatic rings. The van der Waals surface area contributed by atoms with Crippen LogP contribution in [0.1, 0.15) is 23.2 Å². The van der Waals surface area contributed by atoms with E-state index in [0.717, 1.165) is 24.1 Å². The molecule has 2 aromatic rings. The van der Waals surface area contributed by atoms with Gasteiger partial charge in [-0.05, 0) is 37.1 Å². The molecule has 0 saturated carbocycles. The lowest BCUT2D eigenvalue weighted by molar-refractivity contribution is 0.0545. The molecule has 0 bridgehead atoms. The van der Waals surface area contributed by atoms with Crippen molar-refractivity contribution in [1.29, 1.82) is 0 Å². The zero-order valence-corrected chi connectivity index (χ0v) is 10.7. The Morgan fingerprint density at radius 3 is 2.58 bits per heavy atom. The van der Waals surface area contributed by atoms with Gasteiger partial charge in [-0.2, -0.15) is 0 Å². The van der Waals surface area contributed by atoms with Crippen LogP contribution in [-0.4, -0.2) is 28.5 Å². The van der Waals surface area contributed by atoms with Crippen molar-refractivity contribution in [3.05, 3.63) is 48.5 Å². The Labute approximate surface area is 112 Å². The van der Waals surface area contributed by atoms with E-state index in [0.29, 0.717) is 13.2 Å². The Hall–Kier alpha value is -1.94. The van der Waals surface area contributed by atoms with Crippen molar-refractivity contribution in [3.8, 4) is 5.69 Å². The molecule has 4 heteroatoms. The predicted octanol–water partition coefficient (Wildman–Crippen LogP) is 2.48. The first-order valence-electron chi connectivity index (χ1n) is 6.55. The standard InChI is InChI=1S/C15H16N2O2/c18-15(13-5-9-19-10-6-13)12-1-3-14(4-2-12)17-8-7-16-11-17/h1-4,7-8,11,13H,5-6,9-10H2. The highest BCUT2D eigenvalue weighted by Crippen LogP contribution is 2.21. The molecule has 4 nitrogen and oxygen atoms in total. The topological polar surface area (TPSA) is 44.1 Å². The number of ketones is 1. The molecule has 19 heavy (non-hydrogen) atoms. The number of hydrogen-bond donors (Lipinski definition) is 0.